The summed E-state index contributed by atoms with van der Waals surface area (Å²) in [6.07, 6.45) is 0. The quantitative estimate of drug-likeness (QED) is 0.330. The maximum absolute atomic E-state index is 12.4. The Morgan fingerprint density at radius 3 is 2.52 bits per heavy atom. The van der Waals surface area contributed by atoms with Crippen molar-refractivity contribution in [2.24, 2.45) is 5.73 Å². The van der Waals surface area contributed by atoms with Crippen LogP contribution in [0, 0.1) is 17.0 Å². The molecule has 142 valence electrons. The number of primary amides is 1. The van der Waals surface area contributed by atoms with E-state index in [0.29, 0.717) is 5.56 Å². The van der Waals surface area contributed by atoms with Gasteiger partial charge in [-0.1, -0.05) is 11.6 Å². The Morgan fingerprint density at radius 2 is 1.96 bits per heavy atom. The fourth-order valence-electron chi connectivity index (χ4n) is 2.18. The Hall–Kier alpha value is -3.33. The topological polar surface area (TPSA) is 131 Å². The molecule has 0 aliphatic heterocycles. The molecule has 1 amide bonds. The zero-order chi connectivity index (χ0) is 20.1. The van der Waals surface area contributed by atoms with Gasteiger partial charge in [-0.15, -0.1) is 0 Å². The summed E-state index contributed by atoms with van der Waals surface area (Å²) in [4.78, 5) is 33.5. The fraction of sp³-hybridized carbons (Fsp3) is 0.176. The standard InChI is InChI=1S/C17H15ClN2O7/c1-9-5-11(3-4-13(9)20(23)24)27-17(22)10-6-12(18)16(14(7-10)25-2)26-8-15(19)21/h3-7H,8H2,1-2H3,(H2,19,21). The average molecular weight is 395 g/mol. The minimum absolute atomic E-state index is 0.0161. The second-order valence-electron chi connectivity index (χ2n) is 5.34. The molecule has 0 unspecified atom stereocenters. The number of methoxy groups -OCH3 is 1. The van der Waals surface area contributed by atoms with Gasteiger partial charge in [-0.3, -0.25) is 14.9 Å². The summed E-state index contributed by atoms with van der Waals surface area (Å²) in [5, 5.41) is 10.9. The Labute approximate surface area is 158 Å². The summed E-state index contributed by atoms with van der Waals surface area (Å²) in [5.41, 5.74) is 5.33. The summed E-state index contributed by atoms with van der Waals surface area (Å²) in [6.45, 7) is 1.11. The van der Waals surface area contributed by atoms with E-state index >= 15 is 0 Å². The molecule has 2 N–H and O–H groups in total. The number of nitro groups is 1. The molecule has 0 bridgehead atoms. The molecule has 0 radical (unpaired) electrons. The fourth-order valence-corrected chi connectivity index (χ4v) is 2.45. The van der Waals surface area contributed by atoms with Gasteiger partial charge in [0.25, 0.3) is 11.6 Å². The van der Waals surface area contributed by atoms with Crippen molar-refractivity contribution in [1.29, 1.82) is 0 Å². The van der Waals surface area contributed by atoms with Gasteiger partial charge in [0, 0.05) is 11.6 Å². The van der Waals surface area contributed by atoms with Gasteiger partial charge in [-0.25, -0.2) is 4.79 Å². The van der Waals surface area contributed by atoms with Crippen LogP contribution in [0.5, 0.6) is 17.2 Å². The Morgan fingerprint density at radius 1 is 1.26 bits per heavy atom. The molecule has 0 saturated heterocycles. The number of benzene rings is 2. The molecular weight excluding hydrogens is 380 g/mol. The van der Waals surface area contributed by atoms with Crippen molar-refractivity contribution in [2.45, 2.75) is 6.92 Å². The average Bonchev–Trinajstić information content (AvgIpc) is 2.59. The van der Waals surface area contributed by atoms with Crippen LogP contribution in [0.2, 0.25) is 5.02 Å². The number of nitrogens with zero attached hydrogens (tertiary/aromatic N) is 1. The lowest BCUT2D eigenvalue weighted by Crippen LogP contribution is -2.20. The number of carbonyl (C=O) groups excluding carboxylic acids is 2. The Kier molecular flexibility index (Phi) is 6.19. The SMILES string of the molecule is COc1cc(C(=O)Oc2ccc([N+](=O)[O-])c(C)c2)cc(Cl)c1OCC(N)=O. The number of ether oxygens (including phenoxy) is 3. The van der Waals surface area contributed by atoms with Crippen molar-refractivity contribution < 1.29 is 28.7 Å². The van der Waals surface area contributed by atoms with Gasteiger partial charge in [0.2, 0.25) is 0 Å². The molecule has 10 heteroatoms. The molecule has 0 saturated carbocycles. The lowest BCUT2D eigenvalue weighted by atomic mass is 10.2. The Bertz CT molecular complexity index is 914. The van der Waals surface area contributed by atoms with E-state index < -0.39 is 23.4 Å². The molecule has 0 fully saturated rings. The first kappa shape index (κ1) is 20.0. The van der Waals surface area contributed by atoms with Crippen LogP contribution in [0.15, 0.2) is 30.3 Å². The molecule has 0 spiro atoms. The van der Waals surface area contributed by atoms with Gasteiger partial charge in [-0.05, 0) is 31.2 Å². The van der Waals surface area contributed by atoms with Crippen molar-refractivity contribution in [2.75, 3.05) is 13.7 Å². The van der Waals surface area contributed by atoms with Crippen LogP contribution >= 0.6 is 11.6 Å². The largest absolute Gasteiger partial charge is 0.493 e. The first-order chi connectivity index (χ1) is 12.7. The summed E-state index contributed by atoms with van der Waals surface area (Å²) in [6, 6.07) is 6.53. The van der Waals surface area contributed by atoms with Crippen molar-refractivity contribution in [1.82, 2.24) is 0 Å². The first-order valence-electron chi connectivity index (χ1n) is 7.48. The number of carbonyl (C=O) groups is 2. The highest BCUT2D eigenvalue weighted by molar-refractivity contribution is 6.32. The summed E-state index contributed by atoms with van der Waals surface area (Å²) < 4.78 is 15.5. The predicted octanol–water partition coefficient (Wildman–Crippen LogP) is 2.65. The molecule has 2 aromatic carbocycles. The minimum Gasteiger partial charge on any atom is -0.493 e. The van der Waals surface area contributed by atoms with Crippen LogP contribution in [-0.2, 0) is 4.79 Å². The van der Waals surface area contributed by atoms with Crippen LogP contribution in [0.1, 0.15) is 15.9 Å². The highest BCUT2D eigenvalue weighted by Gasteiger charge is 2.19. The normalized spacial score (nSPS) is 10.2. The molecule has 2 rings (SSSR count). The van der Waals surface area contributed by atoms with Crippen LogP contribution in [0.3, 0.4) is 0 Å². The number of esters is 1. The highest BCUT2D eigenvalue weighted by Crippen LogP contribution is 2.36. The number of nitrogens with two attached hydrogens (primary N) is 1. The van der Waals surface area contributed by atoms with Crippen LogP contribution in [0.25, 0.3) is 0 Å². The first-order valence-corrected chi connectivity index (χ1v) is 7.86. The van der Waals surface area contributed by atoms with Crippen LogP contribution < -0.4 is 19.9 Å². The molecule has 0 atom stereocenters. The van der Waals surface area contributed by atoms with Gasteiger partial charge in [0.1, 0.15) is 5.75 Å². The van der Waals surface area contributed by atoms with Crippen LogP contribution in [0.4, 0.5) is 5.69 Å². The minimum atomic E-state index is -0.759. The van der Waals surface area contributed by atoms with E-state index in [1.165, 1.54) is 44.4 Å². The third-order valence-corrected chi connectivity index (χ3v) is 3.68. The predicted molar refractivity (Wildman–Crippen MR) is 95.5 cm³/mol. The van der Waals surface area contributed by atoms with E-state index in [-0.39, 0.29) is 33.5 Å². The lowest BCUT2D eigenvalue weighted by molar-refractivity contribution is -0.385. The van der Waals surface area contributed by atoms with Gasteiger partial charge < -0.3 is 19.9 Å². The van der Waals surface area contributed by atoms with E-state index in [2.05, 4.69) is 0 Å². The molecule has 9 nitrogen and oxygen atoms in total. The Balaban J connectivity index is 2.26. The summed E-state index contributed by atoms with van der Waals surface area (Å²) >= 11 is 6.08. The van der Waals surface area contributed by atoms with Crippen molar-refractivity contribution in [3.8, 4) is 17.2 Å². The zero-order valence-corrected chi connectivity index (χ0v) is 15.1. The maximum Gasteiger partial charge on any atom is 0.343 e. The zero-order valence-electron chi connectivity index (χ0n) is 14.4. The third kappa shape index (κ3) is 4.85. The van der Waals surface area contributed by atoms with Crippen LogP contribution in [-0.4, -0.2) is 30.5 Å². The lowest BCUT2D eigenvalue weighted by Gasteiger charge is -2.13. The molecule has 0 aliphatic carbocycles. The number of amides is 1. The van der Waals surface area contributed by atoms with Gasteiger partial charge >= 0.3 is 5.97 Å². The van der Waals surface area contributed by atoms with E-state index in [1.54, 1.807) is 0 Å². The van der Waals surface area contributed by atoms with Gasteiger partial charge in [0.15, 0.2) is 18.1 Å². The second-order valence-corrected chi connectivity index (χ2v) is 5.75. The monoisotopic (exact) mass is 394 g/mol. The molecule has 0 aliphatic rings. The second kappa shape index (κ2) is 8.37. The molecule has 0 aromatic heterocycles. The highest BCUT2D eigenvalue weighted by atomic mass is 35.5. The van der Waals surface area contributed by atoms with Crippen molar-refractivity contribution in [3.63, 3.8) is 0 Å². The number of hydrogen-bond acceptors (Lipinski definition) is 7. The molecule has 0 heterocycles. The molecular formula is C17H15ClN2O7. The van der Waals surface area contributed by atoms with E-state index in [0.717, 1.165) is 0 Å². The van der Waals surface area contributed by atoms with Gasteiger partial charge in [-0.2, -0.15) is 0 Å². The summed E-state index contributed by atoms with van der Waals surface area (Å²) in [5.74, 6) is -1.17. The number of nitro benzene ring substituents is 1. The number of rotatable bonds is 7. The summed E-state index contributed by atoms with van der Waals surface area (Å²) in [7, 11) is 1.33. The van der Waals surface area contributed by atoms with Gasteiger partial charge in [0.05, 0.1) is 22.6 Å². The van der Waals surface area contributed by atoms with E-state index in [4.69, 9.17) is 31.5 Å². The van der Waals surface area contributed by atoms with Crippen molar-refractivity contribution in [3.05, 3.63) is 56.6 Å². The number of aryl methyl sites for hydroxylation is 1. The maximum atomic E-state index is 12.4. The van der Waals surface area contributed by atoms with E-state index in [1.807, 2.05) is 0 Å². The molecule has 27 heavy (non-hydrogen) atoms. The van der Waals surface area contributed by atoms with Crippen molar-refractivity contribution >= 4 is 29.2 Å². The third-order valence-electron chi connectivity index (χ3n) is 3.40. The number of halogens is 1. The smallest absolute Gasteiger partial charge is 0.343 e. The molecule has 2 aromatic rings. The van der Waals surface area contributed by atoms with E-state index in [9.17, 15) is 19.7 Å². The number of hydrogen-bond donors (Lipinski definition) is 1.